The Labute approximate surface area is 173 Å². The van der Waals surface area contributed by atoms with Gasteiger partial charge in [-0.15, -0.1) is 0 Å². The standard InChI is InChI=1S/C23H28ClNO2Si/c1-23(2,3)28(5,6)25-15-19(18-9-7-8-10-20(18)25)21(22(26)27-4)16-11-13-17(24)14-12-16/h7-15,21H,1-6H3. The molecule has 0 N–H and O–H groups in total. The van der Waals surface area contributed by atoms with Gasteiger partial charge in [-0.1, -0.05) is 75.8 Å². The van der Waals surface area contributed by atoms with Crippen LogP contribution in [0.2, 0.25) is 23.2 Å². The lowest BCUT2D eigenvalue weighted by atomic mass is 9.91. The van der Waals surface area contributed by atoms with Crippen molar-refractivity contribution in [3.8, 4) is 0 Å². The van der Waals surface area contributed by atoms with Crippen molar-refractivity contribution in [3.63, 3.8) is 0 Å². The van der Waals surface area contributed by atoms with Gasteiger partial charge in [0.15, 0.2) is 8.24 Å². The molecular formula is C23H28ClNO2Si. The second kappa shape index (κ2) is 7.41. The molecule has 0 spiro atoms. The molecule has 2 aromatic carbocycles. The predicted molar refractivity (Wildman–Crippen MR) is 120 cm³/mol. The van der Waals surface area contributed by atoms with E-state index in [9.17, 15) is 4.79 Å². The summed E-state index contributed by atoms with van der Waals surface area (Å²) in [6.07, 6.45) is 2.18. The molecule has 0 radical (unpaired) electrons. The van der Waals surface area contributed by atoms with Crippen molar-refractivity contribution >= 4 is 36.7 Å². The molecule has 1 atom stereocenters. The highest BCUT2D eigenvalue weighted by atomic mass is 35.5. The van der Waals surface area contributed by atoms with Gasteiger partial charge in [0.2, 0.25) is 0 Å². The van der Waals surface area contributed by atoms with Crippen molar-refractivity contribution in [2.75, 3.05) is 7.11 Å². The Bertz CT molecular complexity index is 1000. The Kier molecular flexibility index (Phi) is 5.48. The summed E-state index contributed by atoms with van der Waals surface area (Å²) in [6, 6.07) is 15.8. The first kappa shape index (κ1) is 20.7. The second-order valence-electron chi connectivity index (χ2n) is 8.79. The minimum absolute atomic E-state index is 0.160. The van der Waals surface area contributed by atoms with Crippen LogP contribution in [0.1, 0.15) is 37.8 Å². The number of hydrogen-bond acceptors (Lipinski definition) is 2. The van der Waals surface area contributed by atoms with Crippen LogP contribution in [0.25, 0.3) is 10.9 Å². The van der Waals surface area contributed by atoms with Gasteiger partial charge in [0, 0.05) is 22.1 Å². The van der Waals surface area contributed by atoms with Gasteiger partial charge in [0.25, 0.3) is 0 Å². The molecule has 1 unspecified atom stereocenters. The lowest BCUT2D eigenvalue weighted by Gasteiger charge is -2.38. The summed E-state index contributed by atoms with van der Waals surface area (Å²) >= 11 is 6.07. The van der Waals surface area contributed by atoms with Gasteiger partial charge in [-0.25, -0.2) is 0 Å². The van der Waals surface area contributed by atoms with Crippen LogP contribution in [0.4, 0.5) is 0 Å². The lowest BCUT2D eigenvalue weighted by Crippen LogP contribution is -2.44. The Morgan fingerprint density at radius 2 is 1.68 bits per heavy atom. The number of nitrogens with zero attached hydrogens (tertiary/aromatic N) is 1. The van der Waals surface area contributed by atoms with Gasteiger partial charge in [0.1, 0.15) is 5.92 Å². The molecule has 3 rings (SSSR count). The SMILES string of the molecule is COC(=O)C(c1ccc(Cl)cc1)c1cn([Si](C)(C)C(C)(C)C)c2ccccc12. The van der Waals surface area contributed by atoms with E-state index in [1.165, 1.54) is 12.6 Å². The number of aromatic nitrogens is 1. The smallest absolute Gasteiger partial charge is 0.317 e. The number of methoxy groups -OCH3 is 1. The number of hydrogen-bond donors (Lipinski definition) is 0. The number of para-hydroxylation sites is 1. The number of fused-ring (bicyclic) bond motifs is 1. The summed E-state index contributed by atoms with van der Waals surface area (Å²) in [6.45, 7) is 11.6. The van der Waals surface area contributed by atoms with Crippen LogP contribution in [-0.4, -0.2) is 25.5 Å². The molecule has 0 aliphatic carbocycles. The van der Waals surface area contributed by atoms with Gasteiger partial charge >= 0.3 is 5.97 Å². The molecule has 3 aromatic rings. The molecule has 5 heteroatoms. The maximum absolute atomic E-state index is 12.8. The fourth-order valence-corrected chi connectivity index (χ4v) is 5.58. The van der Waals surface area contributed by atoms with Gasteiger partial charge in [-0.2, -0.15) is 0 Å². The van der Waals surface area contributed by atoms with Crippen LogP contribution in [0, 0.1) is 0 Å². The molecule has 0 aliphatic rings. The molecule has 0 saturated heterocycles. The van der Waals surface area contributed by atoms with E-state index in [2.05, 4.69) is 62.5 Å². The molecule has 0 fully saturated rings. The van der Waals surface area contributed by atoms with E-state index in [0.29, 0.717) is 5.02 Å². The van der Waals surface area contributed by atoms with Crippen molar-refractivity contribution in [2.45, 2.75) is 44.8 Å². The molecule has 148 valence electrons. The largest absolute Gasteiger partial charge is 0.468 e. The Balaban J connectivity index is 2.29. The summed E-state index contributed by atoms with van der Waals surface area (Å²) in [5.74, 6) is -0.751. The third kappa shape index (κ3) is 3.51. The highest BCUT2D eigenvalue weighted by molar-refractivity contribution is 6.79. The van der Waals surface area contributed by atoms with E-state index in [1.807, 2.05) is 30.3 Å². The minimum atomic E-state index is -1.88. The molecule has 0 aliphatic heterocycles. The normalized spacial score (nSPS) is 13.5. The van der Waals surface area contributed by atoms with E-state index < -0.39 is 14.2 Å². The first-order valence-corrected chi connectivity index (χ1v) is 12.8. The number of rotatable bonds is 4. The van der Waals surface area contributed by atoms with Crippen LogP contribution in [0.5, 0.6) is 0 Å². The lowest BCUT2D eigenvalue weighted by molar-refractivity contribution is -0.141. The molecule has 1 aromatic heterocycles. The number of halogens is 1. The number of carbonyl (C=O) groups excluding carboxylic acids is 1. The maximum atomic E-state index is 12.8. The van der Waals surface area contributed by atoms with E-state index in [0.717, 1.165) is 16.5 Å². The molecular weight excluding hydrogens is 386 g/mol. The maximum Gasteiger partial charge on any atom is 0.317 e. The van der Waals surface area contributed by atoms with Gasteiger partial charge in [0.05, 0.1) is 7.11 Å². The highest BCUT2D eigenvalue weighted by Gasteiger charge is 2.39. The van der Waals surface area contributed by atoms with Gasteiger partial charge < -0.3 is 8.97 Å². The number of carbonyl (C=O) groups is 1. The van der Waals surface area contributed by atoms with Crippen LogP contribution in [0.3, 0.4) is 0 Å². The molecule has 1 heterocycles. The van der Waals surface area contributed by atoms with Crippen LogP contribution >= 0.6 is 11.6 Å². The molecule has 0 amide bonds. The van der Waals surface area contributed by atoms with E-state index in [1.54, 1.807) is 0 Å². The monoisotopic (exact) mass is 413 g/mol. The minimum Gasteiger partial charge on any atom is -0.468 e. The Hall–Kier alpha value is -2.04. The Morgan fingerprint density at radius 1 is 1.07 bits per heavy atom. The van der Waals surface area contributed by atoms with E-state index >= 15 is 0 Å². The van der Waals surface area contributed by atoms with Gasteiger partial charge in [-0.05, 0) is 34.4 Å². The third-order valence-electron chi connectivity index (χ3n) is 6.13. The molecule has 0 bridgehead atoms. The highest BCUT2D eigenvalue weighted by Crippen LogP contribution is 2.42. The zero-order valence-corrected chi connectivity index (χ0v) is 19.2. The van der Waals surface area contributed by atoms with Crippen molar-refractivity contribution in [1.82, 2.24) is 4.23 Å². The number of benzene rings is 2. The molecule has 0 saturated carbocycles. The summed E-state index contributed by atoms with van der Waals surface area (Å²) in [5, 5.41) is 1.90. The summed E-state index contributed by atoms with van der Waals surface area (Å²) < 4.78 is 7.63. The van der Waals surface area contributed by atoms with Crippen LogP contribution in [-0.2, 0) is 9.53 Å². The summed E-state index contributed by atoms with van der Waals surface area (Å²) in [7, 11) is -0.439. The number of esters is 1. The van der Waals surface area contributed by atoms with Gasteiger partial charge in [-0.3, -0.25) is 4.79 Å². The summed E-state index contributed by atoms with van der Waals surface area (Å²) in [5.41, 5.74) is 3.04. The number of ether oxygens (including phenoxy) is 1. The predicted octanol–water partition coefficient (Wildman–Crippen LogP) is 6.45. The van der Waals surface area contributed by atoms with Crippen molar-refractivity contribution in [3.05, 3.63) is 70.9 Å². The zero-order valence-electron chi connectivity index (χ0n) is 17.4. The first-order valence-electron chi connectivity index (χ1n) is 9.51. The van der Waals surface area contributed by atoms with Crippen LogP contribution in [0.15, 0.2) is 54.7 Å². The van der Waals surface area contributed by atoms with Crippen molar-refractivity contribution in [2.24, 2.45) is 0 Å². The third-order valence-corrected chi connectivity index (χ3v) is 11.6. The average molecular weight is 414 g/mol. The average Bonchev–Trinajstić information content (AvgIpc) is 3.02. The fourth-order valence-electron chi connectivity index (χ4n) is 3.48. The quantitative estimate of drug-likeness (QED) is 0.363. The molecule has 28 heavy (non-hydrogen) atoms. The summed E-state index contributed by atoms with van der Waals surface area (Å²) in [4.78, 5) is 12.8. The Morgan fingerprint density at radius 3 is 2.25 bits per heavy atom. The van der Waals surface area contributed by atoms with E-state index in [4.69, 9.17) is 16.3 Å². The van der Waals surface area contributed by atoms with Crippen molar-refractivity contribution < 1.29 is 9.53 Å². The topological polar surface area (TPSA) is 31.2 Å². The van der Waals surface area contributed by atoms with E-state index in [-0.39, 0.29) is 11.0 Å². The fraction of sp³-hybridized carbons (Fsp3) is 0.348. The second-order valence-corrected chi connectivity index (χ2v) is 14.3. The molecule has 3 nitrogen and oxygen atoms in total. The van der Waals surface area contributed by atoms with Crippen molar-refractivity contribution in [1.29, 1.82) is 0 Å². The zero-order chi connectivity index (χ0) is 20.7. The van der Waals surface area contributed by atoms with Crippen LogP contribution < -0.4 is 0 Å². The first-order chi connectivity index (χ1) is 13.1.